The van der Waals surface area contributed by atoms with Gasteiger partial charge >= 0.3 is 0 Å². The second kappa shape index (κ2) is 6.95. The first-order valence-corrected chi connectivity index (χ1v) is 7.69. The fraction of sp³-hybridized carbons (Fsp3) is 0.375. The van der Waals surface area contributed by atoms with E-state index >= 15 is 0 Å². The number of furan rings is 1. The van der Waals surface area contributed by atoms with Crippen molar-refractivity contribution in [2.75, 3.05) is 18.5 Å². The van der Waals surface area contributed by atoms with Crippen molar-refractivity contribution in [1.82, 2.24) is 5.32 Å². The van der Waals surface area contributed by atoms with Crippen LogP contribution in [0.2, 0.25) is 0 Å². The van der Waals surface area contributed by atoms with Gasteiger partial charge < -0.3 is 14.6 Å². The summed E-state index contributed by atoms with van der Waals surface area (Å²) in [5, 5.41) is 3.32. The van der Waals surface area contributed by atoms with Gasteiger partial charge in [-0.15, -0.1) is 0 Å². The topological polar surface area (TPSA) is 28.4 Å². The summed E-state index contributed by atoms with van der Waals surface area (Å²) in [6.45, 7) is 6.06. The molecule has 0 radical (unpaired) electrons. The average Bonchev–Trinajstić information content (AvgIpc) is 2.97. The lowest BCUT2D eigenvalue weighted by molar-refractivity contribution is 0.503. The summed E-state index contributed by atoms with van der Waals surface area (Å²) in [4.78, 5) is 2.33. The Morgan fingerprint density at radius 2 is 2.15 bits per heavy atom. The zero-order valence-corrected chi connectivity index (χ0v) is 13.8. The van der Waals surface area contributed by atoms with Crippen LogP contribution in [0.25, 0.3) is 0 Å². The van der Waals surface area contributed by atoms with Crippen molar-refractivity contribution in [3.8, 4) is 0 Å². The maximum absolute atomic E-state index is 5.47. The molecule has 0 aliphatic rings. The summed E-state index contributed by atoms with van der Waals surface area (Å²) in [5.41, 5.74) is 2.53. The highest BCUT2D eigenvalue weighted by Crippen LogP contribution is 2.30. The summed E-state index contributed by atoms with van der Waals surface area (Å²) >= 11 is 3.56. The van der Waals surface area contributed by atoms with Crippen molar-refractivity contribution in [3.05, 3.63) is 52.4 Å². The molecular formula is C16H21BrN2O. The number of benzene rings is 1. The molecule has 1 aromatic carbocycles. The van der Waals surface area contributed by atoms with Crippen LogP contribution in [0.15, 0.2) is 45.5 Å². The van der Waals surface area contributed by atoms with Crippen LogP contribution in [-0.2, 0) is 6.54 Å². The van der Waals surface area contributed by atoms with E-state index in [-0.39, 0.29) is 0 Å². The van der Waals surface area contributed by atoms with Crippen LogP contribution < -0.4 is 10.2 Å². The number of nitrogens with one attached hydrogen (secondary N) is 1. The maximum Gasteiger partial charge on any atom is 0.123 e. The average molecular weight is 337 g/mol. The summed E-state index contributed by atoms with van der Waals surface area (Å²) in [5.74, 6) is 0.984. The Labute approximate surface area is 129 Å². The van der Waals surface area contributed by atoms with Gasteiger partial charge in [-0.25, -0.2) is 0 Å². The van der Waals surface area contributed by atoms with E-state index in [0.29, 0.717) is 6.04 Å². The molecule has 4 heteroatoms. The first-order valence-electron chi connectivity index (χ1n) is 6.89. The molecule has 1 N–H and O–H groups in total. The monoisotopic (exact) mass is 336 g/mol. The molecule has 3 nitrogen and oxygen atoms in total. The number of hydrogen-bond donors (Lipinski definition) is 1. The fourth-order valence-corrected chi connectivity index (χ4v) is 2.65. The highest BCUT2D eigenvalue weighted by atomic mass is 79.9. The fourth-order valence-electron chi connectivity index (χ4n) is 2.27. The van der Waals surface area contributed by atoms with Crippen molar-refractivity contribution in [1.29, 1.82) is 0 Å². The predicted octanol–water partition coefficient (Wildman–Crippen LogP) is 4.35. The number of halogens is 1. The van der Waals surface area contributed by atoms with Crippen LogP contribution in [0.4, 0.5) is 5.69 Å². The van der Waals surface area contributed by atoms with Crippen LogP contribution >= 0.6 is 15.9 Å². The molecule has 0 amide bonds. The Hall–Kier alpha value is -1.26. The van der Waals surface area contributed by atoms with Crippen LogP contribution in [-0.4, -0.2) is 13.6 Å². The highest BCUT2D eigenvalue weighted by Gasteiger charge is 2.15. The molecule has 0 bridgehead atoms. The van der Waals surface area contributed by atoms with E-state index < -0.39 is 0 Å². The minimum Gasteiger partial charge on any atom is -0.467 e. The molecule has 0 aliphatic heterocycles. The molecule has 1 atom stereocenters. The van der Waals surface area contributed by atoms with Gasteiger partial charge in [0.25, 0.3) is 0 Å². The zero-order valence-electron chi connectivity index (χ0n) is 12.2. The van der Waals surface area contributed by atoms with E-state index in [9.17, 15) is 0 Å². The third kappa shape index (κ3) is 3.44. The van der Waals surface area contributed by atoms with Gasteiger partial charge in [-0.05, 0) is 56.8 Å². The normalized spacial score (nSPS) is 12.4. The van der Waals surface area contributed by atoms with Gasteiger partial charge in [-0.3, -0.25) is 0 Å². The molecule has 0 spiro atoms. The van der Waals surface area contributed by atoms with Gasteiger partial charge in [-0.1, -0.05) is 15.9 Å². The summed E-state index contributed by atoms with van der Waals surface area (Å²) < 4.78 is 6.58. The first-order chi connectivity index (χ1) is 9.65. The largest absolute Gasteiger partial charge is 0.467 e. The highest BCUT2D eigenvalue weighted by molar-refractivity contribution is 9.10. The number of anilines is 1. The lowest BCUT2D eigenvalue weighted by atomic mass is 10.1. The van der Waals surface area contributed by atoms with E-state index in [1.165, 1.54) is 11.3 Å². The zero-order chi connectivity index (χ0) is 14.5. The van der Waals surface area contributed by atoms with E-state index in [1.807, 2.05) is 19.2 Å². The Bertz CT molecular complexity index is 539. The predicted molar refractivity (Wildman–Crippen MR) is 87.0 cm³/mol. The van der Waals surface area contributed by atoms with Crippen LogP contribution in [0.1, 0.15) is 31.2 Å². The number of rotatable bonds is 6. The Kier molecular flexibility index (Phi) is 5.26. The Balaban J connectivity index is 2.33. The maximum atomic E-state index is 5.47. The van der Waals surface area contributed by atoms with Crippen molar-refractivity contribution >= 4 is 21.6 Å². The SMILES string of the molecule is CCN(Cc1ccco1)c1ccc(Br)cc1C(C)NC. The molecule has 1 heterocycles. The van der Waals surface area contributed by atoms with Gasteiger partial charge in [-0.2, -0.15) is 0 Å². The van der Waals surface area contributed by atoms with E-state index in [2.05, 4.69) is 58.2 Å². The molecule has 1 unspecified atom stereocenters. The molecule has 108 valence electrons. The van der Waals surface area contributed by atoms with Gasteiger partial charge in [0.05, 0.1) is 12.8 Å². The van der Waals surface area contributed by atoms with Crippen molar-refractivity contribution in [3.63, 3.8) is 0 Å². The van der Waals surface area contributed by atoms with Crippen molar-refractivity contribution in [2.24, 2.45) is 0 Å². The van der Waals surface area contributed by atoms with Crippen LogP contribution in [0, 0.1) is 0 Å². The lowest BCUT2D eigenvalue weighted by Gasteiger charge is -2.27. The van der Waals surface area contributed by atoms with Gasteiger partial charge in [0, 0.05) is 22.7 Å². The smallest absolute Gasteiger partial charge is 0.123 e. The van der Waals surface area contributed by atoms with Crippen molar-refractivity contribution in [2.45, 2.75) is 26.4 Å². The molecule has 2 aromatic rings. The molecule has 0 saturated carbocycles. The quantitative estimate of drug-likeness (QED) is 0.849. The van der Waals surface area contributed by atoms with Crippen molar-refractivity contribution < 1.29 is 4.42 Å². The van der Waals surface area contributed by atoms with E-state index in [4.69, 9.17) is 4.42 Å². The minimum absolute atomic E-state index is 0.299. The van der Waals surface area contributed by atoms with Gasteiger partial charge in [0.2, 0.25) is 0 Å². The molecular weight excluding hydrogens is 316 g/mol. The summed E-state index contributed by atoms with van der Waals surface area (Å²) in [7, 11) is 1.98. The summed E-state index contributed by atoms with van der Waals surface area (Å²) in [6.07, 6.45) is 1.72. The molecule has 0 aliphatic carbocycles. The van der Waals surface area contributed by atoms with E-state index in [0.717, 1.165) is 23.3 Å². The van der Waals surface area contributed by atoms with Gasteiger partial charge in [0.1, 0.15) is 5.76 Å². The molecule has 20 heavy (non-hydrogen) atoms. The van der Waals surface area contributed by atoms with E-state index in [1.54, 1.807) is 6.26 Å². The molecule has 2 rings (SSSR count). The second-order valence-corrected chi connectivity index (χ2v) is 5.72. The van der Waals surface area contributed by atoms with Crippen LogP contribution in [0.5, 0.6) is 0 Å². The van der Waals surface area contributed by atoms with Gasteiger partial charge in [0.15, 0.2) is 0 Å². The second-order valence-electron chi connectivity index (χ2n) is 4.81. The molecule has 0 saturated heterocycles. The third-order valence-corrected chi connectivity index (χ3v) is 4.03. The number of nitrogens with zero attached hydrogens (tertiary/aromatic N) is 1. The number of hydrogen-bond acceptors (Lipinski definition) is 3. The van der Waals surface area contributed by atoms with Crippen LogP contribution in [0.3, 0.4) is 0 Å². The standard InChI is InChI=1S/C16H21BrN2O/c1-4-19(11-14-6-5-9-20-14)16-8-7-13(17)10-15(16)12(2)18-3/h5-10,12,18H,4,11H2,1-3H3. The third-order valence-electron chi connectivity index (χ3n) is 3.54. The summed E-state index contributed by atoms with van der Waals surface area (Å²) in [6, 6.07) is 10.7. The first kappa shape index (κ1) is 15.1. The lowest BCUT2D eigenvalue weighted by Crippen LogP contribution is -2.25. The minimum atomic E-state index is 0.299. The molecule has 0 fully saturated rings. The Morgan fingerprint density at radius 1 is 1.35 bits per heavy atom. The molecule has 1 aromatic heterocycles. The Morgan fingerprint density at radius 3 is 2.75 bits per heavy atom.